The number of carbonyl (C=O) groups is 4. The van der Waals surface area contributed by atoms with Gasteiger partial charge in [0.25, 0.3) is 0 Å². The first-order chi connectivity index (χ1) is 16.9. The summed E-state index contributed by atoms with van der Waals surface area (Å²) < 4.78 is 10.8. The van der Waals surface area contributed by atoms with Gasteiger partial charge < -0.3 is 19.7 Å². The van der Waals surface area contributed by atoms with Crippen molar-refractivity contribution in [3.63, 3.8) is 0 Å². The molecule has 2 unspecified atom stereocenters. The quantitative estimate of drug-likeness (QED) is 0.517. The van der Waals surface area contributed by atoms with Crippen LogP contribution in [0.1, 0.15) is 65.9 Å². The Hall–Kier alpha value is -3.10. The zero-order chi connectivity index (χ0) is 26.9. The van der Waals surface area contributed by atoms with E-state index in [1.807, 2.05) is 30.3 Å². The normalized spacial score (nSPS) is 15.6. The predicted octanol–water partition coefficient (Wildman–Crippen LogP) is 3.51. The number of amides is 3. The van der Waals surface area contributed by atoms with Crippen LogP contribution in [0.3, 0.4) is 0 Å². The fourth-order valence-electron chi connectivity index (χ4n) is 4.13. The molecule has 0 radical (unpaired) electrons. The minimum Gasteiger partial charge on any atom is -0.461 e. The number of ether oxygens (including phenoxy) is 2. The van der Waals surface area contributed by atoms with Crippen LogP contribution in [0.5, 0.6) is 0 Å². The average molecular weight is 504 g/mol. The van der Waals surface area contributed by atoms with Gasteiger partial charge in [-0.2, -0.15) is 0 Å². The Morgan fingerprint density at radius 1 is 1.03 bits per heavy atom. The molecule has 0 aliphatic carbocycles. The van der Waals surface area contributed by atoms with E-state index in [-0.39, 0.29) is 24.9 Å². The van der Waals surface area contributed by atoms with Gasteiger partial charge in [-0.1, -0.05) is 44.2 Å². The van der Waals surface area contributed by atoms with Crippen LogP contribution < -0.4 is 5.32 Å². The van der Waals surface area contributed by atoms with E-state index >= 15 is 0 Å². The van der Waals surface area contributed by atoms with Gasteiger partial charge in [-0.25, -0.2) is 4.79 Å². The van der Waals surface area contributed by atoms with E-state index < -0.39 is 35.7 Å². The van der Waals surface area contributed by atoms with Crippen molar-refractivity contribution in [3.05, 3.63) is 35.9 Å². The number of nitrogens with zero attached hydrogens (tertiary/aromatic N) is 2. The molecule has 3 amide bonds. The third-order valence-electron chi connectivity index (χ3n) is 5.89. The molecule has 200 valence electrons. The van der Waals surface area contributed by atoms with Crippen molar-refractivity contribution < 1.29 is 28.7 Å². The zero-order valence-electron chi connectivity index (χ0n) is 22.4. The number of nitrogens with one attached hydrogen (secondary N) is 1. The number of hydrogen-bond donors (Lipinski definition) is 1. The summed E-state index contributed by atoms with van der Waals surface area (Å²) in [6.07, 6.45) is 1.85. The Bertz CT molecular complexity index is 891. The van der Waals surface area contributed by atoms with E-state index in [4.69, 9.17) is 9.47 Å². The van der Waals surface area contributed by atoms with Crippen molar-refractivity contribution in [1.29, 1.82) is 0 Å². The molecular formula is C27H41N3O6. The smallest absolute Gasteiger partial charge is 0.410 e. The van der Waals surface area contributed by atoms with Crippen LogP contribution in [0, 0.1) is 5.92 Å². The van der Waals surface area contributed by atoms with Gasteiger partial charge in [0.1, 0.15) is 24.3 Å². The van der Waals surface area contributed by atoms with Crippen molar-refractivity contribution in [1.82, 2.24) is 15.1 Å². The Kier molecular flexibility index (Phi) is 10.7. The fraction of sp³-hybridized carbons (Fsp3) is 0.630. The first kappa shape index (κ1) is 29.1. The number of piperidine rings is 1. The van der Waals surface area contributed by atoms with E-state index in [0.29, 0.717) is 13.1 Å². The molecule has 1 heterocycles. The highest BCUT2D eigenvalue weighted by Gasteiger charge is 2.36. The maximum absolute atomic E-state index is 13.4. The van der Waals surface area contributed by atoms with Crippen LogP contribution in [0.4, 0.5) is 4.79 Å². The number of carbonyl (C=O) groups excluding carboxylic acids is 4. The molecule has 1 aliphatic heterocycles. The van der Waals surface area contributed by atoms with Crippen LogP contribution in [-0.2, 0) is 30.5 Å². The maximum atomic E-state index is 13.4. The summed E-state index contributed by atoms with van der Waals surface area (Å²) in [7, 11) is 1.49. The Morgan fingerprint density at radius 2 is 1.64 bits per heavy atom. The number of likely N-dealkylation sites (tertiary alicyclic amines) is 1. The molecular weight excluding hydrogens is 462 g/mol. The second-order valence-corrected chi connectivity index (χ2v) is 10.6. The summed E-state index contributed by atoms with van der Waals surface area (Å²) in [5, 5.41) is 2.74. The van der Waals surface area contributed by atoms with Gasteiger partial charge in [0, 0.05) is 20.1 Å². The largest absolute Gasteiger partial charge is 0.461 e. The molecule has 9 heteroatoms. The molecule has 0 aromatic heterocycles. The van der Waals surface area contributed by atoms with Crippen LogP contribution >= 0.6 is 0 Å². The summed E-state index contributed by atoms with van der Waals surface area (Å²) in [5.74, 6) is -1.69. The molecule has 1 aromatic rings. The molecule has 2 atom stereocenters. The molecule has 1 saturated heterocycles. The molecule has 1 N–H and O–H groups in total. The SMILES string of the molecule is CC(C)C(C(=O)NC(CC(=O)OCc1ccccc1)C(=O)N1CCCCC1)N(C)C(=O)OC(C)(C)C. The van der Waals surface area contributed by atoms with Crippen molar-refractivity contribution >= 4 is 23.9 Å². The highest BCUT2D eigenvalue weighted by atomic mass is 16.6. The number of esters is 1. The molecule has 9 nitrogen and oxygen atoms in total. The van der Waals surface area contributed by atoms with E-state index in [2.05, 4.69) is 5.32 Å². The Morgan fingerprint density at radius 3 is 2.19 bits per heavy atom. The van der Waals surface area contributed by atoms with Gasteiger partial charge in [0.05, 0.1) is 6.42 Å². The van der Waals surface area contributed by atoms with E-state index in [9.17, 15) is 19.2 Å². The van der Waals surface area contributed by atoms with Gasteiger partial charge in [-0.3, -0.25) is 19.3 Å². The van der Waals surface area contributed by atoms with Crippen LogP contribution in [0.15, 0.2) is 30.3 Å². The van der Waals surface area contributed by atoms with Crippen LogP contribution in [0.2, 0.25) is 0 Å². The minimum absolute atomic E-state index is 0.0776. The summed E-state index contributed by atoms with van der Waals surface area (Å²) in [6, 6.07) is 7.26. The molecule has 0 saturated carbocycles. The number of rotatable bonds is 9. The van der Waals surface area contributed by atoms with Crippen molar-refractivity contribution in [2.24, 2.45) is 5.92 Å². The third kappa shape index (κ3) is 9.17. The highest BCUT2D eigenvalue weighted by molar-refractivity contribution is 5.93. The van der Waals surface area contributed by atoms with Crippen LogP contribution in [-0.4, -0.2) is 71.5 Å². The average Bonchev–Trinajstić information content (AvgIpc) is 2.81. The standard InChI is InChI=1S/C27H41N3O6/c1-19(2)23(29(6)26(34)36-27(3,4)5)24(32)28-21(25(33)30-15-11-8-12-16-30)17-22(31)35-18-20-13-9-7-10-14-20/h7,9-10,13-14,19,21,23H,8,11-12,15-18H2,1-6H3,(H,28,32). The maximum Gasteiger partial charge on any atom is 0.410 e. The molecule has 0 spiro atoms. The van der Waals surface area contributed by atoms with Crippen molar-refractivity contribution in [3.8, 4) is 0 Å². The molecule has 2 rings (SSSR count). The Labute approximate surface area is 214 Å². The summed E-state index contributed by atoms with van der Waals surface area (Å²) in [4.78, 5) is 54.9. The van der Waals surface area contributed by atoms with Crippen molar-refractivity contribution in [2.75, 3.05) is 20.1 Å². The fourth-order valence-corrected chi connectivity index (χ4v) is 4.13. The molecule has 1 fully saturated rings. The third-order valence-corrected chi connectivity index (χ3v) is 5.89. The molecule has 36 heavy (non-hydrogen) atoms. The topological polar surface area (TPSA) is 105 Å². The van der Waals surface area contributed by atoms with Gasteiger partial charge in [0.15, 0.2) is 0 Å². The Balaban J connectivity index is 2.15. The first-order valence-electron chi connectivity index (χ1n) is 12.6. The summed E-state index contributed by atoms with van der Waals surface area (Å²) >= 11 is 0. The molecule has 1 aromatic carbocycles. The lowest BCUT2D eigenvalue weighted by Gasteiger charge is -2.34. The summed E-state index contributed by atoms with van der Waals surface area (Å²) in [5.41, 5.74) is 0.103. The monoisotopic (exact) mass is 503 g/mol. The first-order valence-corrected chi connectivity index (χ1v) is 12.6. The van der Waals surface area contributed by atoms with E-state index in [1.54, 1.807) is 39.5 Å². The number of benzene rings is 1. The second-order valence-electron chi connectivity index (χ2n) is 10.6. The highest BCUT2D eigenvalue weighted by Crippen LogP contribution is 2.17. The molecule has 1 aliphatic rings. The van der Waals surface area contributed by atoms with Crippen LogP contribution in [0.25, 0.3) is 0 Å². The van der Waals surface area contributed by atoms with E-state index in [1.165, 1.54) is 11.9 Å². The van der Waals surface area contributed by atoms with Crippen molar-refractivity contribution in [2.45, 2.75) is 84.6 Å². The zero-order valence-corrected chi connectivity index (χ0v) is 22.4. The lowest BCUT2D eigenvalue weighted by atomic mass is 10.0. The van der Waals surface area contributed by atoms with E-state index in [0.717, 1.165) is 24.8 Å². The predicted molar refractivity (Wildman–Crippen MR) is 136 cm³/mol. The lowest BCUT2D eigenvalue weighted by Crippen LogP contribution is -2.57. The van der Waals surface area contributed by atoms with Gasteiger partial charge >= 0.3 is 12.1 Å². The lowest BCUT2D eigenvalue weighted by molar-refractivity contribution is -0.149. The summed E-state index contributed by atoms with van der Waals surface area (Å²) in [6.45, 7) is 10.1. The van der Waals surface area contributed by atoms with Gasteiger partial charge in [-0.15, -0.1) is 0 Å². The van der Waals surface area contributed by atoms with Gasteiger partial charge in [0.2, 0.25) is 11.8 Å². The molecule has 0 bridgehead atoms. The minimum atomic E-state index is -1.09. The number of likely N-dealkylation sites (N-methyl/N-ethyl adjacent to an activating group) is 1. The number of hydrogen-bond acceptors (Lipinski definition) is 6. The second kappa shape index (κ2) is 13.3. The van der Waals surface area contributed by atoms with Gasteiger partial charge in [-0.05, 0) is 51.5 Å².